The monoisotopic (exact) mass is 514 g/mol. The summed E-state index contributed by atoms with van der Waals surface area (Å²) in [4.78, 5) is 26.1. The molecule has 1 aliphatic heterocycles. The van der Waals surface area contributed by atoms with E-state index in [0.717, 1.165) is 66.8 Å². The van der Waals surface area contributed by atoms with Gasteiger partial charge >= 0.3 is 0 Å². The van der Waals surface area contributed by atoms with Crippen LogP contribution in [0, 0.1) is 16.7 Å². The molecule has 0 radical (unpaired) electrons. The van der Waals surface area contributed by atoms with E-state index in [-0.39, 0.29) is 29.8 Å². The highest BCUT2D eigenvalue weighted by atomic mass is 32.1. The number of nitrogens with one attached hydrogen (secondary N) is 1. The van der Waals surface area contributed by atoms with Crippen LogP contribution in [0.4, 0.5) is 0 Å². The van der Waals surface area contributed by atoms with Gasteiger partial charge in [0.1, 0.15) is 5.01 Å². The van der Waals surface area contributed by atoms with Gasteiger partial charge in [-0.25, -0.2) is 4.98 Å². The van der Waals surface area contributed by atoms with E-state index in [1.165, 1.54) is 0 Å². The Kier molecular flexibility index (Phi) is 7.47. The fourth-order valence-corrected chi connectivity index (χ4v) is 7.85. The Labute approximate surface area is 217 Å². The number of nitrogens with zero attached hydrogens (tertiary/aromatic N) is 3. The molecule has 8 nitrogen and oxygen atoms in total. The summed E-state index contributed by atoms with van der Waals surface area (Å²) < 4.78 is 5.42. The number of fused-ring (bicyclic) bond motifs is 2. The van der Waals surface area contributed by atoms with E-state index in [1.807, 2.05) is 25.3 Å². The number of thiazole rings is 1. The maximum atomic E-state index is 13.3. The molecule has 3 N–H and O–H groups in total. The van der Waals surface area contributed by atoms with E-state index in [2.05, 4.69) is 22.1 Å². The molecule has 5 atom stereocenters. The first kappa shape index (κ1) is 25.7. The number of pyridine rings is 1. The van der Waals surface area contributed by atoms with Gasteiger partial charge in [0.25, 0.3) is 0 Å². The van der Waals surface area contributed by atoms with Gasteiger partial charge in [0.2, 0.25) is 5.91 Å². The largest absolute Gasteiger partial charge is 0.396 e. The number of hydrogen-bond donors (Lipinski definition) is 3. The molecule has 3 aliphatic rings. The van der Waals surface area contributed by atoms with Crippen LogP contribution in [0.1, 0.15) is 49.6 Å². The molecule has 0 bridgehead atoms. The van der Waals surface area contributed by atoms with Crippen LogP contribution < -0.4 is 5.32 Å². The number of carbonyl (C=O) groups excluding carboxylic acids is 1. The summed E-state index contributed by atoms with van der Waals surface area (Å²) in [5.41, 5.74) is 1.13. The lowest BCUT2D eigenvalue weighted by atomic mass is 9.47. The number of aliphatic hydroxyl groups excluding tert-OH is 2. The molecular weight excluding hydrogens is 476 g/mol. The Morgan fingerprint density at radius 2 is 2.14 bits per heavy atom. The highest BCUT2D eigenvalue weighted by Crippen LogP contribution is 2.62. The van der Waals surface area contributed by atoms with Crippen LogP contribution in [0.25, 0.3) is 10.6 Å². The van der Waals surface area contributed by atoms with E-state index in [0.29, 0.717) is 19.4 Å². The maximum absolute atomic E-state index is 13.3. The van der Waals surface area contributed by atoms with Crippen molar-refractivity contribution in [3.05, 3.63) is 35.1 Å². The van der Waals surface area contributed by atoms with Crippen molar-refractivity contribution < 1.29 is 19.7 Å². The zero-order valence-corrected chi connectivity index (χ0v) is 22.1. The van der Waals surface area contributed by atoms with Crippen molar-refractivity contribution in [1.82, 2.24) is 20.2 Å². The molecule has 9 heteroatoms. The van der Waals surface area contributed by atoms with Crippen molar-refractivity contribution in [2.75, 3.05) is 46.0 Å². The molecular formula is C27H38N4O4S. The van der Waals surface area contributed by atoms with Gasteiger partial charge in [0.05, 0.1) is 31.6 Å². The molecule has 1 amide bonds. The molecule has 2 aromatic rings. The second-order valence-corrected chi connectivity index (χ2v) is 12.2. The predicted molar refractivity (Wildman–Crippen MR) is 139 cm³/mol. The third kappa shape index (κ3) is 4.72. The molecule has 2 aliphatic carbocycles. The van der Waals surface area contributed by atoms with Gasteiger partial charge in [0, 0.05) is 66.8 Å². The molecule has 36 heavy (non-hydrogen) atoms. The minimum absolute atomic E-state index is 0.0360. The quantitative estimate of drug-likeness (QED) is 0.521. The topological polar surface area (TPSA) is 108 Å². The number of aromatic nitrogens is 2. The number of ether oxygens (including phenoxy) is 1. The highest BCUT2D eigenvalue weighted by Gasteiger charge is 2.59. The summed E-state index contributed by atoms with van der Waals surface area (Å²) in [7, 11) is 0. The summed E-state index contributed by atoms with van der Waals surface area (Å²) in [6, 6.07) is 3.93. The highest BCUT2D eigenvalue weighted by molar-refractivity contribution is 7.15. The zero-order chi connectivity index (χ0) is 25.3. The Morgan fingerprint density at radius 1 is 1.33 bits per heavy atom. The summed E-state index contributed by atoms with van der Waals surface area (Å²) in [5, 5.41) is 25.5. The third-order valence-corrected chi connectivity index (χ3v) is 10.2. The molecule has 5 rings (SSSR count). The van der Waals surface area contributed by atoms with Gasteiger partial charge in [-0.05, 0) is 42.7 Å². The minimum atomic E-state index is -0.617. The lowest BCUT2D eigenvalue weighted by molar-refractivity contribution is -0.144. The summed E-state index contributed by atoms with van der Waals surface area (Å²) >= 11 is 1.66. The first-order valence-corrected chi connectivity index (χ1v) is 13.9. The summed E-state index contributed by atoms with van der Waals surface area (Å²) in [5.74, 6) is 0.0168. The van der Waals surface area contributed by atoms with E-state index >= 15 is 0 Å². The van der Waals surface area contributed by atoms with Crippen LogP contribution in [-0.4, -0.2) is 83.1 Å². The van der Waals surface area contributed by atoms with Crippen molar-refractivity contribution in [2.45, 2.75) is 51.6 Å². The minimum Gasteiger partial charge on any atom is -0.396 e. The Hall–Kier alpha value is -1.91. The van der Waals surface area contributed by atoms with Gasteiger partial charge in [-0.1, -0.05) is 13.8 Å². The van der Waals surface area contributed by atoms with E-state index in [4.69, 9.17) is 9.72 Å². The number of aliphatic hydroxyl groups is 2. The number of hydrogen-bond acceptors (Lipinski definition) is 8. The van der Waals surface area contributed by atoms with Crippen LogP contribution in [-0.2, 0) is 16.0 Å². The van der Waals surface area contributed by atoms with Crippen molar-refractivity contribution >= 4 is 17.2 Å². The Morgan fingerprint density at radius 3 is 2.86 bits per heavy atom. The van der Waals surface area contributed by atoms with E-state index < -0.39 is 11.5 Å². The molecule has 0 spiro atoms. The van der Waals surface area contributed by atoms with Gasteiger partial charge in [0.15, 0.2) is 0 Å². The fourth-order valence-electron chi connectivity index (χ4n) is 6.69. The number of amides is 1. The first-order valence-electron chi connectivity index (χ1n) is 13.1. The smallest absolute Gasteiger partial charge is 0.220 e. The van der Waals surface area contributed by atoms with Gasteiger partial charge in [-0.15, -0.1) is 11.3 Å². The van der Waals surface area contributed by atoms with Gasteiger partial charge in [-0.3, -0.25) is 14.7 Å². The van der Waals surface area contributed by atoms with Crippen molar-refractivity contribution in [1.29, 1.82) is 0 Å². The molecule has 0 aromatic carbocycles. The second kappa shape index (κ2) is 10.5. The second-order valence-electron chi connectivity index (χ2n) is 11.1. The van der Waals surface area contributed by atoms with Crippen LogP contribution in [0.3, 0.4) is 0 Å². The third-order valence-electron chi connectivity index (χ3n) is 9.05. The Bertz CT molecular complexity index is 1060. The number of carbonyl (C=O) groups is 1. The lowest BCUT2D eigenvalue weighted by Gasteiger charge is -2.58. The number of rotatable bonds is 7. The Balaban J connectivity index is 1.42. The van der Waals surface area contributed by atoms with Gasteiger partial charge < -0.3 is 20.3 Å². The van der Waals surface area contributed by atoms with Crippen molar-refractivity contribution in [2.24, 2.45) is 16.7 Å². The lowest BCUT2D eigenvalue weighted by Crippen LogP contribution is -2.57. The van der Waals surface area contributed by atoms with Crippen molar-refractivity contribution in [3.63, 3.8) is 0 Å². The fraction of sp³-hybridized carbons (Fsp3) is 0.667. The van der Waals surface area contributed by atoms with Crippen LogP contribution in [0.2, 0.25) is 0 Å². The standard InChI is InChI=1S/C27H38N4O4S/c1-26-6-5-22(33)27(2,17-32)21(26)15-20-24(30-25(36-20)18-4-3-7-28-16-18)19(26)14-23(34)29-8-9-31-10-12-35-13-11-31/h3-4,7,16,19,21-22,32-33H,5-6,8-15,17H2,1-2H3,(H,29,34)/t19-,21+,22-,26+,27+/m1/s1. The molecule has 2 aromatic heterocycles. The zero-order valence-electron chi connectivity index (χ0n) is 21.3. The van der Waals surface area contributed by atoms with Gasteiger partial charge in [-0.2, -0.15) is 0 Å². The predicted octanol–water partition coefficient (Wildman–Crippen LogP) is 2.46. The number of morpholine rings is 1. The average molecular weight is 515 g/mol. The van der Waals surface area contributed by atoms with Crippen LogP contribution in [0.5, 0.6) is 0 Å². The molecule has 1 saturated carbocycles. The molecule has 1 saturated heterocycles. The van der Waals surface area contributed by atoms with E-state index in [1.54, 1.807) is 17.5 Å². The van der Waals surface area contributed by atoms with Crippen molar-refractivity contribution in [3.8, 4) is 10.6 Å². The molecule has 0 unspecified atom stereocenters. The SMILES string of the molecule is C[C@]1(CO)[C@H]2Cc3sc(-c4cccnc4)nc3[C@@H](CC(=O)NCCN3CCOCC3)[C@]2(C)CC[C@H]1O. The molecule has 196 valence electrons. The van der Waals surface area contributed by atoms with E-state index in [9.17, 15) is 15.0 Å². The average Bonchev–Trinajstić information content (AvgIpc) is 3.33. The normalized spacial score (nSPS) is 32.5. The maximum Gasteiger partial charge on any atom is 0.220 e. The molecule has 2 fully saturated rings. The summed E-state index contributed by atoms with van der Waals surface area (Å²) in [6.45, 7) is 8.91. The molecule has 3 heterocycles. The van der Waals surface area contributed by atoms with Crippen LogP contribution >= 0.6 is 11.3 Å². The summed E-state index contributed by atoms with van der Waals surface area (Å²) in [6.07, 6.45) is 5.56. The van der Waals surface area contributed by atoms with Crippen LogP contribution in [0.15, 0.2) is 24.5 Å². The first-order chi connectivity index (χ1) is 17.3.